The minimum absolute atomic E-state index is 0.0679. The minimum Gasteiger partial charge on any atom is -0.361 e. The molecule has 1 aliphatic rings. The van der Waals surface area contributed by atoms with Crippen LogP contribution >= 0.6 is 0 Å². The van der Waals surface area contributed by atoms with E-state index in [1.165, 1.54) is 17.7 Å². The zero-order valence-corrected chi connectivity index (χ0v) is 20.6. The maximum Gasteiger partial charge on any atom is 0.416 e. The zero-order chi connectivity index (χ0) is 26.0. The molecule has 0 spiro atoms. The van der Waals surface area contributed by atoms with Crippen molar-refractivity contribution in [3.8, 4) is 5.69 Å². The maximum atomic E-state index is 15.2. The Hall–Kier alpha value is -3.24. The third kappa shape index (κ3) is 5.70. The molecule has 2 aromatic carbocycles. The van der Waals surface area contributed by atoms with Crippen LogP contribution in [0.1, 0.15) is 29.5 Å². The van der Waals surface area contributed by atoms with Crippen molar-refractivity contribution in [2.45, 2.75) is 44.2 Å². The normalized spacial score (nSPS) is 19.2. The van der Waals surface area contributed by atoms with Crippen molar-refractivity contribution in [3.63, 3.8) is 0 Å². The number of aromatic nitrogens is 4. The van der Waals surface area contributed by atoms with Crippen LogP contribution in [0.4, 0.5) is 17.6 Å². The lowest BCUT2D eigenvalue weighted by atomic mass is 9.99. The van der Waals surface area contributed by atoms with Gasteiger partial charge >= 0.3 is 6.18 Å². The number of piperidine rings is 1. The molecule has 5 rings (SSSR count). The molecule has 37 heavy (non-hydrogen) atoms. The average Bonchev–Trinajstić information content (AvgIpc) is 3.54. The highest BCUT2D eigenvalue weighted by Gasteiger charge is 2.35. The number of halogens is 4. The fraction of sp³-hybridized carbons (Fsp3) is 0.407. The second kappa shape index (κ2) is 10.6. The van der Waals surface area contributed by atoms with E-state index in [1.807, 2.05) is 22.9 Å². The van der Waals surface area contributed by atoms with E-state index in [-0.39, 0.29) is 12.1 Å². The molecule has 0 aliphatic carbocycles. The Balaban J connectivity index is 1.15. The van der Waals surface area contributed by atoms with Gasteiger partial charge in [-0.15, -0.1) is 10.2 Å². The van der Waals surface area contributed by atoms with E-state index in [0.717, 1.165) is 48.6 Å². The Kier molecular flexibility index (Phi) is 7.30. The van der Waals surface area contributed by atoms with Gasteiger partial charge in [-0.05, 0) is 74.8 Å². The number of nitrogens with one attached hydrogen (secondary N) is 1. The van der Waals surface area contributed by atoms with E-state index < -0.39 is 24.0 Å². The number of nitrogens with zero attached hydrogens (tertiary/aromatic N) is 5. The fourth-order valence-corrected chi connectivity index (χ4v) is 5.34. The third-order valence-electron chi connectivity index (χ3n) is 7.29. The summed E-state index contributed by atoms with van der Waals surface area (Å²) in [5, 5.41) is 8.88. The summed E-state index contributed by atoms with van der Waals surface area (Å²) in [4.78, 5) is 7.17. The number of alkyl halides is 4. The summed E-state index contributed by atoms with van der Waals surface area (Å²) in [5.41, 5.74) is 2.79. The van der Waals surface area contributed by atoms with Gasteiger partial charge in [-0.1, -0.05) is 18.2 Å². The summed E-state index contributed by atoms with van der Waals surface area (Å²) in [6.45, 7) is 1.85. The predicted octanol–water partition coefficient (Wildman–Crippen LogP) is 5.24. The van der Waals surface area contributed by atoms with Crippen LogP contribution in [-0.4, -0.2) is 68.4 Å². The number of hydrogen-bond acceptors (Lipinski definition) is 4. The van der Waals surface area contributed by atoms with Crippen molar-refractivity contribution in [2.24, 2.45) is 0 Å². The van der Waals surface area contributed by atoms with Crippen LogP contribution in [0.2, 0.25) is 0 Å². The third-order valence-corrected chi connectivity index (χ3v) is 7.29. The van der Waals surface area contributed by atoms with Crippen molar-refractivity contribution in [2.75, 3.05) is 26.7 Å². The molecule has 1 N–H and O–H groups in total. The van der Waals surface area contributed by atoms with E-state index >= 15 is 4.39 Å². The summed E-state index contributed by atoms with van der Waals surface area (Å²) in [6, 6.07) is 11.3. The van der Waals surface area contributed by atoms with Crippen molar-refractivity contribution < 1.29 is 17.6 Å². The lowest BCUT2D eigenvalue weighted by Crippen LogP contribution is -2.51. The van der Waals surface area contributed by atoms with Crippen LogP contribution in [-0.2, 0) is 19.1 Å². The van der Waals surface area contributed by atoms with Gasteiger partial charge in [0.25, 0.3) is 0 Å². The average molecular weight is 515 g/mol. The topological polar surface area (TPSA) is 53.0 Å². The van der Waals surface area contributed by atoms with Crippen molar-refractivity contribution in [3.05, 3.63) is 78.0 Å². The van der Waals surface area contributed by atoms with Gasteiger partial charge in [0.15, 0.2) is 0 Å². The van der Waals surface area contributed by atoms with Gasteiger partial charge in [0.05, 0.1) is 5.56 Å². The van der Waals surface area contributed by atoms with Crippen LogP contribution in [0.15, 0.2) is 61.3 Å². The number of hydrogen-bond donors (Lipinski definition) is 1. The first-order valence-electron chi connectivity index (χ1n) is 12.5. The molecule has 0 radical (unpaired) electrons. The van der Waals surface area contributed by atoms with Gasteiger partial charge in [-0.2, -0.15) is 13.2 Å². The number of likely N-dealkylation sites (tertiary alicyclic amines) is 1. The molecule has 3 heterocycles. The molecule has 1 saturated heterocycles. The maximum absolute atomic E-state index is 15.2. The van der Waals surface area contributed by atoms with E-state index in [4.69, 9.17) is 0 Å². The predicted molar refractivity (Wildman–Crippen MR) is 134 cm³/mol. The summed E-state index contributed by atoms with van der Waals surface area (Å²) in [7, 11) is 1.71. The number of aromatic amines is 1. The summed E-state index contributed by atoms with van der Waals surface area (Å²) >= 11 is 0. The standard InChI is InChI=1S/C27H30F4N6/c1-35(15-20-5-2-3-7-23(20)27(29,30)31)26-10-12-36(16-24(26)28)11-4-6-19-14-32-25-9-8-21(13-22(19)25)37-17-33-34-18-37/h2-3,5,7-9,13-14,17-18,24,26,32H,4,6,10-12,15-16H2,1H3/t24-,26+/m1/s1. The van der Waals surface area contributed by atoms with Crippen LogP contribution in [0, 0.1) is 0 Å². The van der Waals surface area contributed by atoms with E-state index in [9.17, 15) is 13.2 Å². The van der Waals surface area contributed by atoms with Crippen LogP contribution < -0.4 is 0 Å². The zero-order valence-electron chi connectivity index (χ0n) is 20.6. The molecule has 10 heteroatoms. The first-order valence-corrected chi connectivity index (χ1v) is 12.5. The number of H-pyrrole nitrogens is 1. The lowest BCUT2D eigenvalue weighted by Gasteiger charge is -2.39. The molecule has 0 amide bonds. The molecule has 6 nitrogen and oxygen atoms in total. The van der Waals surface area contributed by atoms with Gasteiger partial charge < -0.3 is 9.88 Å². The largest absolute Gasteiger partial charge is 0.416 e. The van der Waals surface area contributed by atoms with Gasteiger partial charge in [0.2, 0.25) is 0 Å². The SMILES string of the molecule is CN(Cc1ccccc1C(F)(F)F)[C@H]1CCN(CCCc2c[nH]c3ccc(-n4cnnc4)cc23)C[C@H]1F. The van der Waals surface area contributed by atoms with Gasteiger partial charge in [-0.3, -0.25) is 9.47 Å². The Morgan fingerprint density at radius 1 is 1.08 bits per heavy atom. The highest BCUT2D eigenvalue weighted by molar-refractivity contribution is 5.85. The Bertz CT molecular complexity index is 1320. The van der Waals surface area contributed by atoms with E-state index in [0.29, 0.717) is 13.0 Å². The fourth-order valence-electron chi connectivity index (χ4n) is 5.34. The van der Waals surface area contributed by atoms with Crippen molar-refractivity contribution >= 4 is 10.9 Å². The highest BCUT2D eigenvalue weighted by atomic mass is 19.4. The number of benzene rings is 2. The monoisotopic (exact) mass is 514 g/mol. The molecule has 1 aliphatic heterocycles. The molecule has 196 valence electrons. The quantitative estimate of drug-likeness (QED) is 0.327. The van der Waals surface area contributed by atoms with Crippen molar-refractivity contribution in [1.29, 1.82) is 0 Å². The van der Waals surface area contributed by atoms with Gasteiger partial charge in [0, 0.05) is 41.9 Å². The van der Waals surface area contributed by atoms with Crippen molar-refractivity contribution in [1.82, 2.24) is 29.5 Å². The molecule has 0 unspecified atom stereocenters. The Labute approximate surface area is 212 Å². The minimum atomic E-state index is -4.42. The first-order chi connectivity index (χ1) is 17.8. The van der Waals surface area contributed by atoms with Gasteiger partial charge in [-0.25, -0.2) is 4.39 Å². The first kappa shape index (κ1) is 25.4. The number of rotatable bonds is 8. The van der Waals surface area contributed by atoms with Gasteiger partial charge in [0.1, 0.15) is 18.8 Å². The second-order valence-electron chi connectivity index (χ2n) is 9.76. The molecule has 0 bridgehead atoms. The second-order valence-corrected chi connectivity index (χ2v) is 9.76. The number of aryl methyl sites for hydroxylation is 1. The van der Waals surface area contributed by atoms with E-state index in [1.54, 1.807) is 30.7 Å². The van der Waals surface area contributed by atoms with E-state index in [2.05, 4.69) is 26.1 Å². The lowest BCUT2D eigenvalue weighted by molar-refractivity contribution is -0.138. The molecule has 1 fully saturated rings. The molecular weight excluding hydrogens is 484 g/mol. The molecular formula is C27H30F4N6. The van der Waals surface area contributed by atoms with Crippen LogP contribution in [0.5, 0.6) is 0 Å². The Morgan fingerprint density at radius 3 is 2.62 bits per heavy atom. The van der Waals surface area contributed by atoms with Crippen LogP contribution in [0.3, 0.4) is 0 Å². The molecule has 4 aromatic rings. The Morgan fingerprint density at radius 2 is 1.86 bits per heavy atom. The highest BCUT2D eigenvalue weighted by Crippen LogP contribution is 2.33. The summed E-state index contributed by atoms with van der Waals surface area (Å²) < 4.78 is 57.1. The summed E-state index contributed by atoms with van der Waals surface area (Å²) in [5.74, 6) is 0. The summed E-state index contributed by atoms with van der Waals surface area (Å²) in [6.07, 6.45) is 2.15. The smallest absolute Gasteiger partial charge is 0.361 e. The number of fused-ring (bicyclic) bond motifs is 1. The molecule has 2 atom stereocenters. The van der Waals surface area contributed by atoms with Crippen LogP contribution in [0.25, 0.3) is 16.6 Å². The molecule has 2 aromatic heterocycles. The molecule has 0 saturated carbocycles.